The number of piperidine rings is 1. The van der Waals surface area contributed by atoms with Gasteiger partial charge in [-0.1, -0.05) is 23.4 Å². The van der Waals surface area contributed by atoms with E-state index in [0.717, 1.165) is 30.8 Å². The highest BCUT2D eigenvalue weighted by atomic mass is 35.5. The van der Waals surface area contributed by atoms with Gasteiger partial charge in [-0.2, -0.15) is 0 Å². The van der Waals surface area contributed by atoms with E-state index in [9.17, 15) is 4.79 Å². The number of ether oxygens (including phenoxy) is 1. The summed E-state index contributed by atoms with van der Waals surface area (Å²) in [5, 5.41) is 1.18. The number of halogens is 1. The topological polar surface area (TPSA) is 100 Å². The van der Waals surface area contributed by atoms with Gasteiger partial charge in [0.1, 0.15) is 5.82 Å². The predicted octanol–water partition coefficient (Wildman–Crippen LogP) is 2.37. The third kappa shape index (κ3) is 3.91. The van der Waals surface area contributed by atoms with Crippen molar-refractivity contribution in [3.8, 4) is 0 Å². The number of anilines is 2. The number of aromatic nitrogens is 3. The molecule has 0 amide bonds. The van der Waals surface area contributed by atoms with Gasteiger partial charge in [0.2, 0.25) is 0 Å². The van der Waals surface area contributed by atoms with Gasteiger partial charge in [-0.25, -0.2) is 9.97 Å². The summed E-state index contributed by atoms with van der Waals surface area (Å²) in [6.45, 7) is 4.22. The fourth-order valence-electron chi connectivity index (χ4n) is 4.22. The van der Waals surface area contributed by atoms with Gasteiger partial charge in [0.15, 0.2) is 5.82 Å². The number of nitrogens with zero attached hydrogens (tertiary/aromatic N) is 4. The highest BCUT2D eigenvalue weighted by Gasteiger charge is 2.47. The lowest BCUT2D eigenvalue weighted by Crippen LogP contribution is -2.51. The van der Waals surface area contributed by atoms with Crippen LogP contribution in [0.1, 0.15) is 19.8 Å². The van der Waals surface area contributed by atoms with Crippen LogP contribution in [0.15, 0.2) is 33.2 Å². The molecule has 0 aromatic carbocycles. The molecule has 3 N–H and O–H groups in total. The smallest absolute Gasteiger partial charge is 0.291 e. The first-order chi connectivity index (χ1) is 14.3. The fraction of sp³-hybridized carbons (Fsp3) is 0.550. The predicted molar refractivity (Wildman–Crippen MR) is 120 cm³/mol. The Morgan fingerprint density at radius 2 is 2.10 bits per heavy atom. The van der Waals surface area contributed by atoms with Crippen LogP contribution in [-0.4, -0.2) is 60.9 Å². The molecule has 2 aliphatic heterocycles. The molecular weight excluding hydrogens is 424 g/mol. The molecule has 30 heavy (non-hydrogen) atoms. The first-order valence-electron chi connectivity index (χ1n) is 10.0. The van der Waals surface area contributed by atoms with E-state index in [1.165, 1.54) is 11.8 Å². The number of pyridine rings is 1. The standard InChI is InChI=1S/C20H27ClN6O2S/c1-12-16(22)20(11-29-12)5-8-27(9-6-20)18-19(28)25-14(10-24-18)30-13-4-7-23-17(15(13)21)26(2)3/h4,7,10,12,16H,5-6,8-9,11,22H2,1-3H3,(H,25,28)/t12-,16+/m0/s1. The zero-order chi connectivity index (χ0) is 21.5. The van der Waals surface area contributed by atoms with Gasteiger partial charge in [0.05, 0.1) is 29.0 Å². The number of aromatic amines is 1. The minimum Gasteiger partial charge on any atom is -0.376 e. The molecule has 0 aliphatic carbocycles. The maximum Gasteiger partial charge on any atom is 0.291 e. The second-order valence-electron chi connectivity index (χ2n) is 8.23. The summed E-state index contributed by atoms with van der Waals surface area (Å²) in [6.07, 6.45) is 5.27. The van der Waals surface area contributed by atoms with Crippen molar-refractivity contribution in [1.29, 1.82) is 0 Å². The van der Waals surface area contributed by atoms with Gasteiger partial charge in [0.25, 0.3) is 5.56 Å². The van der Waals surface area contributed by atoms with Gasteiger partial charge in [0, 0.05) is 49.7 Å². The first-order valence-corrected chi connectivity index (χ1v) is 11.2. The van der Waals surface area contributed by atoms with E-state index in [1.54, 1.807) is 12.4 Å². The molecule has 0 bridgehead atoms. The first kappa shape index (κ1) is 21.4. The maximum absolute atomic E-state index is 12.7. The van der Waals surface area contributed by atoms with Gasteiger partial charge in [-0.3, -0.25) is 4.79 Å². The van der Waals surface area contributed by atoms with Crippen LogP contribution >= 0.6 is 23.4 Å². The Hall–Kier alpha value is -1.81. The molecule has 0 saturated carbocycles. The van der Waals surface area contributed by atoms with Crippen molar-refractivity contribution in [1.82, 2.24) is 15.0 Å². The Morgan fingerprint density at radius 3 is 2.70 bits per heavy atom. The molecule has 0 radical (unpaired) electrons. The van der Waals surface area contributed by atoms with E-state index in [1.807, 2.05) is 36.9 Å². The van der Waals surface area contributed by atoms with Crippen LogP contribution in [-0.2, 0) is 4.74 Å². The summed E-state index contributed by atoms with van der Waals surface area (Å²) in [5.41, 5.74) is 6.20. The highest BCUT2D eigenvalue weighted by molar-refractivity contribution is 7.99. The summed E-state index contributed by atoms with van der Waals surface area (Å²) in [4.78, 5) is 29.1. The number of nitrogens with two attached hydrogens (primary N) is 1. The van der Waals surface area contributed by atoms with Crippen molar-refractivity contribution in [2.24, 2.45) is 11.1 Å². The van der Waals surface area contributed by atoms with Crippen molar-refractivity contribution >= 4 is 35.0 Å². The van der Waals surface area contributed by atoms with E-state index < -0.39 is 0 Å². The van der Waals surface area contributed by atoms with E-state index in [-0.39, 0.29) is 23.1 Å². The number of H-pyrrole nitrogens is 1. The molecule has 2 aliphatic rings. The minimum atomic E-state index is -0.200. The van der Waals surface area contributed by atoms with Crippen LogP contribution < -0.4 is 21.1 Å². The van der Waals surface area contributed by atoms with Crippen molar-refractivity contribution in [2.45, 2.75) is 41.8 Å². The van der Waals surface area contributed by atoms with Crippen LogP contribution in [0.4, 0.5) is 11.6 Å². The Balaban J connectivity index is 1.47. The molecule has 4 heterocycles. The molecule has 2 saturated heterocycles. The van der Waals surface area contributed by atoms with Crippen LogP contribution in [0.2, 0.25) is 5.02 Å². The average molecular weight is 451 g/mol. The normalized spacial score (nSPS) is 23.2. The van der Waals surface area contributed by atoms with Crippen molar-refractivity contribution < 1.29 is 4.74 Å². The average Bonchev–Trinajstić information content (AvgIpc) is 2.99. The fourth-order valence-corrected chi connectivity index (χ4v) is 5.41. The lowest BCUT2D eigenvalue weighted by Gasteiger charge is -2.41. The lowest BCUT2D eigenvalue weighted by atomic mass is 9.73. The highest BCUT2D eigenvalue weighted by Crippen LogP contribution is 2.41. The molecule has 2 aromatic heterocycles. The molecule has 2 fully saturated rings. The van der Waals surface area contributed by atoms with Gasteiger partial charge >= 0.3 is 0 Å². The molecular formula is C20H27ClN6O2S. The van der Waals surface area contributed by atoms with Gasteiger partial charge in [-0.05, 0) is 25.8 Å². The zero-order valence-electron chi connectivity index (χ0n) is 17.4. The molecule has 4 rings (SSSR count). The van der Waals surface area contributed by atoms with Crippen molar-refractivity contribution in [2.75, 3.05) is 43.6 Å². The summed E-state index contributed by atoms with van der Waals surface area (Å²) >= 11 is 7.82. The van der Waals surface area contributed by atoms with E-state index in [0.29, 0.717) is 28.3 Å². The third-order valence-corrected chi connectivity index (χ3v) is 7.60. The largest absolute Gasteiger partial charge is 0.376 e. The Kier molecular flexibility index (Phi) is 5.98. The van der Waals surface area contributed by atoms with E-state index in [4.69, 9.17) is 22.1 Å². The third-order valence-electron chi connectivity index (χ3n) is 6.13. The molecule has 2 aromatic rings. The number of hydrogen-bond donors (Lipinski definition) is 2. The molecule has 1 spiro atoms. The second-order valence-corrected chi connectivity index (χ2v) is 9.70. The second kappa shape index (κ2) is 8.37. The van der Waals surface area contributed by atoms with Gasteiger partial charge < -0.3 is 25.3 Å². The van der Waals surface area contributed by atoms with Crippen LogP contribution in [0.3, 0.4) is 0 Å². The molecule has 8 nitrogen and oxygen atoms in total. The lowest BCUT2D eigenvalue weighted by molar-refractivity contribution is 0.0974. The summed E-state index contributed by atoms with van der Waals surface area (Å²) < 4.78 is 5.78. The number of nitrogens with one attached hydrogen (secondary N) is 1. The van der Waals surface area contributed by atoms with E-state index in [2.05, 4.69) is 15.0 Å². The maximum atomic E-state index is 12.7. The van der Waals surface area contributed by atoms with Crippen molar-refractivity contribution in [3.63, 3.8) is 0 Å². The summed E-state index contributed by atoms with van der Waals surface area (Å²) in [6, 6.07) is 1.87. The quantitative estimate of drug-likeness (QED) is 0.732. The summed E-state index contributed by atoms with van der Waals surface area (Å²) in [5.74, 6) is 1.13. The number of hydrogen-bond acceptors (Lipinski definition) is 8. The SMILES string of the molecule is C[C@@H]1OCC2(CCN(c3ncc(Sc4ccnc(N(C)C)c4Cl)[nH]c3=O)CC2)[C@@H]1N. The Bertz CT molecular complexity index is 976. The van der Waals surface area contributed by atoms with E-state index >= 15 is 0 Å². The van der Waals surface area contributed by atoms with Crippen LogP contribution in [0, 0.1) is 5.41 Å². The zero-order valence-corrected chi connectivity index (χ0v) is 19.0. The molecule has 2 atom stereocenters. The van der Waals surface area contributed by atoms with Crippen LogP contribution in [0.5, 0.6) is 0 Å². The summed E-state index contributed by atoms with van der Waals surface area (Å²) in [7, 11) is 3.77. The van der Waals surface area contributed by atoms with Crippen LogP contribution in [0.25, 0.3) is 0 Å². The monoisotopic (exact) mass is 450 g/mol. The molecule has 10 heteroatoms. The molecule has 162 valence electrons. The molecule has 0 unspecified atom stereocenters. The minimum absolute atomic E-state index is 0.0146. The Morgan fingerprint density at radius 1 is 1.37 bits per heavy atom. The van der Waals surface area contributed by atoms with Crippen molar-refractivity contribution in [3.05, 3.63) is 33.8 Å². The number of rotatable bonds is 4. The Labute approximate surface area is 185 Å². The van der Waals surface area contributed by atoms with Gasteiger partial charge in [-0.15, -0.1) is 0 Å².